The molecule has 0 aliphatic carbocycles. The molecule has 1 aliphatic heterocycles. The SMILES string of the molecule is C=C1SC(c2cccc(C(F)(F)F)c2)N=C1C. The first kappa shape index (κ1) is 12.2. The Morgan fingerprint density at radius 3 is 2.59 bits per heavy atom. The third-order valence-electron chi connectivity index (χ3n) is 2.47. The molecule has 17 heavy (non-hydrogen) atoms. The average molecular weight is 257 g/mol. The molecule has 0 amide bonds. The summed E-state index contributed by atoms with van der Waals surface area (Å²) in [5.41, 5.74) is 0.709. The van der Waals surface area contributed by atoms with E-state index in [4.69, 9.17) is 0 Å². The molecular weight excluding hydrogens is 247 g/mol. The van der Waals surface area contributed by atoms with E-state index in [0.29, 0.717) is 5.56 Å². The van der Waals surface area contributed by atoms with E-state index in [9.17, 15) is 13.2 Å². The number of halogens is 3. The van der Waals surface area contributed by atoms with Crippen molar-refractivity contribution in [1.29, 1.82) is 0 Å². The number of thioether (sulfide) groups is 1. The standard InChI is InChI=1S/C12H10F3NS/c1-7-8(2)17-11(16-7)9-4-3-5-10(6-9)12(13,14)15/h3-6,11H,2H2,1H3. The van der Waals surface area contributed by atoms with Crippen LogP contribution < -0.4 is 0 Å². The summed E-state index contributed by atoms with van der Waals surface area (Å²) in [5.74, 6) is 0. The second kappa shape index (κ2) is 4.22. The van der Waals surface area contributed by atoms with Crippen LogP contribution in [-0.2, 0) is 6.18 Å². The van der Waals surface area contributed by atoms with Gasteiger partial charge in [-0.1, -0.05) is 30.5 Å². The Kier molecular flexibility index (Phi) is 3.03. The van der Waals surface area contributed by atoms with Gasteiger partial charge < -0.3 is 0 Å². The molecule has 0 bridgehead atoms. The minimum atomic E-state index is -4.31. The zero-order valence-corrected chi connectivity index (χ0v) is 9.90. The van der Waals surface area contributed by atoms with E-state index in [-0.39, 0.29) is 5.37 Å². The highest BCUT2D eigenvalue weighted by Crippen LogP contribution is 2.42. The molecule has 1 aliphatic rings. The van der Waals surface area contributed by atoms with Crippen LogP contribution in [0.1, 0.15) is 23.4 Å². The molecule has 90 valence electrons. The Morgan fingerprint density at radius 1 is 1.35 bits per heavy atom. The minimum absolute atomic E-state index is 0.301. The fraction of sp³-hybridized carbons (Fsp3) is 0.250. The van der Waals surface area contributed by atoms with Gasteiger partial charge in [-0.2, -0.15) is 13.2 Å². The molecule has 0 saturated carbocycles. The van der Waals surface area contributed by atoms with E-state index in [2.05, 4.69) is 11.6 Å². The third kappa shape index (κ3) is 2.54. The van der Waals surface area contributed by atoms with E-state index < -0.39 is 11.7 Å². The average Bonchev–Trinajstić information content (AvgIpc) is 2.58. The van der Waals surface area contributed by atoms with Gasteiger partial charge in [0.2, 0.25) is 0 Å². The Bertz CT molecular complexity index is 491. The maximum absolute atomic E-state index is 12.5. The fourth-order valence-electron chi connectivity index (χ4n) is 1.51. The molecule has 1 heterocycles. The molecule has 5 heteroatoms. The molecule has 1 atom stereocenters. The van der Waals surface area contributed by atoms with Gasteiger partial charge in [-0.05, 0) is 24.6 Å². The van der Waals surface area contributed by atoms with E-state index in [1.165, 1.54) is 17.8 Å². The molecular formula is C12H10F3NS. The van der Waals surface area contributed by atoms with Gasteiger partial charge in [0.05, 0.1) is 5.56 Å². The summed E-state index contributed by atoms with van der Waals surface area (Å²) in [6, 6.07) is 5.27. The van der Waals surface area contributed by atoms with Gasteiger partial charge in [-0.25, -0.2) is 0 Å². The van der Waals surface area contributed by atoms with Gasteiger partial charge in [0, 0.05) is 10.6 Å². The fourth-order valence-corrected chi connectivity index (χ4v) is 2.49. The van der Waals surface area contributed by atoms with E-state index in [0.717, 1.165) is 22.7 Å². The van der Waals surface area contributed by atoms with Crippen LogP contribution in [0.4, 0.5) is 13.2 Å². The number of alkyl halides is 3. The Morgan fingerprint density at radius 2 is 2.06 bits per heavy atom. The summed E-state index contributed by atoms with van der Waals surface area (Å²) in [6.07, 6.45) is -4.31. The number of rotatable bonds is 1. The molecule has 0 saturated heterocycles. The highest BCUT2D eigenvalue weighted by atomic mass is 32.2. The lowest BCUT2D eigenvalue weighted by molar-refractivity contribution is -0.137. The lowest BCUT2D eigenvalue weighted by Crippen LogP contribution is -2.05. The van der Waals surface area contributed by atoms with E-state index in [1.807, 2.05) is 6.92 Å². The van der Waals surface area contributed by atoms with Crippen molar-refractivity contribution < 1.29 is 13.2 Å². The topological polar surface area (TPSA) is 12.4 Å². The highest BCUT2D eigenvalue weighted by Gasteiger charge is 2.31. The summed E-state index contributed by atoms with van der Waals surface area (Å²) in [6.45, 7) is 5.60. The van der Waals surface area contributed by atoms with Crippen LogP contribution in [-0.4, -0.2) is 5.71 Å². The molecule has 1 unspecified atom stereocenters. The number of benzene rings is 1. The number of hydrogen-bond donors (Lipinski definition) is 0. The van der Waals surface area contributed by atoms with Crippen LogP contribution in [0.25, 0.3) is 0 Å². The van der Waals surface area contributed by atoms with Crippen molar-refractivity contribution in [3.05, 3.63) is 46.9 Å². The molecule has 2 rings (SSSR count). The van der Waals surface area contributed by atoms with Crippen molar-refractivity contribution in [2.75, 3.05) is 0 Å². The van der Waals surface area contributed by atoms with Gasteiger partial charge in [0.1, 0.15) is 5.37 Å². The molecule has 1 aromatic carbocycles. The van der Waals surface area contributed by atoms with Gasteiger partial charge in [0.15, 0.2) is 0 Å². The lowest BCUT2D eigenvalue weighted by atomic mass is 10.1. The largest absolute Gasteiger partial charge is 0.416 e. The first-order valence-electron chi connectivity index (χ1n) is 4.95. The van der Waals surface area contributed by atoms with Gasteiger partial charge >= 0.3 is 6.18 Å². The van der Waals surface area contributed by atoms with Crippen LogP contribution in [0.15, 0.2) is 40.7 Å². The molecule has 0 N–H and O–H groups in total. The predicted octanol–water partition coefficient (Wildman–Crippen LogP) is 4.43. The summed E-state index contributed by atoms with van der Waals surface area (Å²) < 4.78 is 37.6. The second-order valence-corrected chi connectivity index (χ2v) is 4.91. The quantitative estimate of drug-likeness (QED) is 0.725. The third-order valence-corrected chi connectivity index (χ3v) is 3.65. The van der Waals surface area contributed by atoms with Crippen molar-refractivity contribution in [2.45, 2.75) is 18.5 Å². The number of hydrogen-bond acceptors (Lipinski definition) is 2. The number of allylic oxidation sites excluding steroid dienone is 1. The Hall–Kier alpha value is -1.23. The van der Waals surface area contributed by atoms with Crippen molar-refractivity contribution in [3.8, 4) is 0 Å². The van der Waals surface area contributed by atoms with Crippen LogP contribution in [0, 0.1) is 0 Å². The van der Waals surface area contributed by atoms with E-state index >= 15 is 0 Å². The monoisotopic (exact) mass is 257 g/mol. The minimum Gasteiger partial charge on any atom is -0.270 e. The molecule has 0 fully saturated rings. The van der Waals surface area contributed by atoms with Crippen molar-refractivity contribution in [3.63, 3.8) is 0 Å². The zero-order chi connectivity index (χ0) is 12.6. The summed E-state index contributed by atoms with van der Waals surface area (Å²) in [4.78, 5) is 5.09. The molecule has 0 aromatic heterocycles. The predicted molar refractivity (Wildman–Crippen MR) is 64.0 cm³/mol. The van der Waals surface area contributed by atoms with Gasteiger partial charge in [-0.3, -0.25) is 4.99 Å². The van der Waals surface area contributed by atoms with Crippen LogP contribution in [0.3, 0.4) is 0 Å². The van der Waals surface area contributed by atoms with E-state index in [1.54, 1.807) is 6.07 Å². The maximum Gasteiger partial charge on any atom is 0.416 e. The molecule has 0 radical (unpaired) electrons. The molecule has 1 aromatic rings. The zero-order valence-electron chi connectivity index (χ0n) is 9.08. The Balaban J connectivity index is 2.33. The van der Waals surface area contributed by atoms with Crippen LogP contribution in [0.5, 0.6) is 0 Å². The lowest BCUT2D eigenvalue weighted by Gasteiger charge is -2.11. The summed E-state index contributed by atoms with van der Waals surface area (Å²) in [5, 5.41) is -0.301. The maximum atomic E-state index is 12.5. The Labute approximate surface area is 101 Å². The van der Waals surface area contributed by atoms with Crippen LogP contribution >= 0.6 is 11.8 Å². The van der Waals surface area contributed by atoms with Crippen molar-refractivity contribution >= 4 is 17.5 Å². The van der Waals surface area contributed by atoms with Crippen LogP contribution in [0.2, 0.25) is 0 Å². The number of nitrogens with zero attached hydrogens (tertiary/aromatic N) is 1. The second-order valence-electron chi connectivity index (χ2n) is 3.73. The summed E-state index contributed by atoms with van der Waals surface area (Å²) in [7, 11) is 0. The van der Waals surface area contributed by atoms with Crippen molar-refractivity contribution in [2.24, 2.45) is 4.99 Å². The van der Waals surface area contributed by atoms with Gasteiger partial charge in [-0.15, -0.1) is 0 Å². The molecule has 1 nitrogen and oxygen atoms in total. The first-order valence-corrected chi connectivity index (χ1v) is 5.83. The smallest absolute Gasteiger partial charge is 0.270 e. The highest BCUT2D eigenvalue weighted by molar-refractivity contribution is 8.04. The van der Waals surface area contributed by atoms with Crippen molar-refractivity contribution in [1.82, 2.24) is 0 Å². The first-order chi connectivity index (χ1) is 7.88. The molecule has 0 spiro atoms. The van der Waals surface area contributed by atoms with Gasteiger partial charge in [0.25, 0.3) is 0 Å². The number of aliphatic imine (C=N–C) groups is 1. The summed E-state index contributed by atoms with van der Waals surface area (Å²) >= 11 is 1.38. The normalized spacial score (nSPS) is 20.6.